The van der Waals surface area contributed by atoms with Crippen molar-refractivity contribution in [1.82, 2.24) is 4.98 Å². The van der Waals surface area contributed by atoms with Crippen LogP contribution in [0, 0.1) is 29.2 Å². The molecule has 2 saturated carbocycles. The molecule has 2 aliphatic rings. The first kappa shape index (κ1) is 51.2. The van der Waals surface area contributed by atoms with Crippen LogP contribution in [0.3, 0.4) is 0 Å². The van der Waals surface area contributed by atoms with Crippen molar-refractivity contribution in [2.24, 2.45) is 23.7 Å². The minimum Gasteiger partial charge on any atom is -0.497 e. The third-order valence-electron chi connectivity index (χ3n) is 10.0. The molecule has 2 fully saturated rings. The number of thiazole rings is 1. The maximum atomic E-state index is 13.1. The predicted octanol–water partition coefficient (Wildman–Crippen LogP) is 7.66. The molecule has 3 aromatic carbocycles. The van der Waals surface area contributed by atoms with Gasteiger partial charge in [-0.05, 0) is 123 Å². The van der Waals surface area contributed by atoms with Gasteiger partial charge in [-0.1, -0.05) is 18.2 Å². The molecule has 0 atom stereocenters. The Bertz CT molecular complexity index is 1970. The van der Waals surface area contributed by atoms with Crippen molar-refractivity contribution in [3.8, 4) is 34.5 Å². The molecule has 0 spiro atoms. The maximum Gasteiger partial charge on any atom is 0.329 e. The molecule has 329 valence electrons. The molecule has 0 bridgehead atoms. The number of aromatic nitrogens is 1. The largest absolute Gasteiger partial charge is 0.497 e. The monoisotopic (exact) mass is 949 g/mol. The van der Waals surface area contributed by atoms with Gasteiger partial charge < -0.3 is 42.9 Å². The van der Waals surface area contributed by atoms with Gasteiger partial charge in [0.15, 0.2) is 0 Å². The van der Waals surface area contributed by atoms with E-state index in [2.05, 4.69) is 26.5 Å². The summed E-state index contributed by atoms with van der Waals surface area (Å²) in [4.78, 5) is 75.7. The molecule has 4 aromatic rings. The molecule has 62 heavy (non-hydrogen) atoms. The van der Waals surface area contributed by atoms with Crippen LogP contribution in [0.1, 0.15) is 64.7 Å². The van der Waals surface area contributed by atoms with Gasteiger partial charge in [-0.2, -0.15) is 0 Å². The normalized spacial score (nSPS) is 17.6. The van der Waals surface area contributed by atoms with Gasteiger partial charge in [-0.3, -0.25) is 35.3 Å². The minimum absolute atomic E-state index is 0. The fourth-order valence-electron chi connectivity index (χ4n) is 6.44. The summed E-state index contributed by atoms with van der Waals surface area (Å²) in [6.45, 7) is 4.91. The summed E-state index contributed by atoms with van der Waals surface area (Å²) in [5.41, 5.74) is 3.19. The molecule has 1 aromatic heterocycles. The van der Waals surface area contributed by atoms with Crippen molar-refractivity contribution in [3.05, 3.63) is 78.8 Å². The van der Waals surface area contributed by atoms with E-state index in [0.717, 1.165) is 17.4 Å². The van der Waals surface area contributed by atoms with Gasteiger partial charge in [0, 0.05) is 45.2 Å². The van der Waals surface area contributed by atoms with E-state index in [0.29, 0.717) is 96.8 Å². The van der Waals surface area contributed by atoms with E-state index in [1.807, 2.05) is 0 Å². The summed E-state index contributed by atoms with van der Waals surface area (Å²) in [6, 6.07) is 16.8. The first-order valence-corrected chi connectivity index (χ1v) is 20.5. The van der Waals surface area contributed by atoms with Crippen LogP contribution in [-0.4, -0.2) is 69.2 Å². The van der Waals surface area contributed by atoms with Crippen LogP contribution in [0.5, 0.6) is 34.5 Å². The van der Waals surface area contributed by atoms with Gasteiger partial charge in [0.2, 0.25) is 0 Å². The van der Waals surface area contributed by atoms with Gasteiger partial charge in [0.1, 0.15) is 23.0 Å². The molecule has 17 heteroatoms. The summed E-state index contributed by atoms with van der Waals surface area (Å²) in [7, 11) is 5.82. The van der Waals surface area contributed by atoms with Crippen molar-refractivity contribution in [2.75, 3.05) is 28.4 Å². The average Bonchev–Trinajstić information content (AvgIpc) is 3.81. The summed E-state index contributed by atoms with van der Waals surface area (Å²) in [5.74, 6) is -0.499. The molecule has 2 aliphatic carbocycles. The van der Waals surface area contributed by atoms with E-state index in [-0.39, 0.29) is 86.0 Å². The van der Waals surface area contributed by atoms with E-state index in [1.54, 1.807) is 81.8 Å². The Kier molecular flexibility index (Phi) is 21.7. The van der Waals surface area contributed by atoms with E-state index in [9.17, 15) is 28.8 Å². The van der Waals surface area contributed by atoms with Gasteiger partial charge in [-0.25, -0.2) is 4.79 Å². The molecule has 1 heterocycles. The van der Waals surface area contributed by atoms with Gasteiger partial charge in [0.05, 0.1) is 63.6 Å². The first-order valence-electron chi connectivity index (χ1n) is 19.6. The number of hydrogen-bond donors (Lipinski definition) is 0. The number of methoxy groups -OCH3 is 4. The van der Waals surface area contributed by atoms with Crippen molar-refractivity contribution in [2.45, 2.75) is 64.7 Å². The standard InChI is InChI=1S/C37H36NO10S.C4H8O2.C4H6O2.Y/c1-43-26-11-15-28(16-12-26)45-34(39)22-3-7-24(8-4-22)36(41)47-30-19-20-31(33-32(30)38-21-49-33)48-37(42)25-9-5-23(6-10-25)35(40)46-29-17-13-27(44-2)14-18-29;2*1-3-4(5)6-2;/h11-20,22-25H,3-10H2,1-2H3;3H2,1-2H3;3H,1H2,2H3;/q-1;;;. The minimum atomic E-state index is -0.400. The zero-order valence-electron chi connectivity index (χ0n) is 35.4. The molecule has 0 N–H and O–H groups in total. The number of fused-ring (bicyclic) bond motifs is 1. The second kappa shape index (κ2) is 26.3. The van der Waals surface area contributed by atoms with Gasteiger partial charge in [0.25, 0.3) is 0 Å². The number of hydrogen-bond acceptors (Lipinski definition) is 16. The SMILES string of the molecule is C=CC(=O)OC.CCC(=O)OC.COc1ccc(OC(=O)C2CCC(C(=O)Oc3ccc(OC(=O)C4CCC(C(=O)Oc5ccc(OC)cc5)CC4)c4s[c-]nc34)CC2)cc1.[Y]. The topological polar surface area (TPSA) is 189 Å². The van der Waals surface area contributed by atoms with Crippen LogP contribution in [0.4, 0.5) is 0 Å². The third-order valence-corrected chi connectivity index (χ3v) is 10.8. The Hall–Kier alpha value is -5.19. The molecule has 0 amide bonds. The maximum absolute atomic E-state index is 13.1. The van der Waals surface area contributed by atoms with Gasteiger partial charge in [-0.15, -0.1) is 0 Å². The Morgan fingerprint density at radius 2 is 0.968 bits per heavy atom. The molecule has 1 radical (unpaired) electrons. The summed E-state index contributed by atoms with van der Waals surface area (Å²) in [5, 5.41) is 0. The fourth-order valence-corrected chi connectivity index (χ4v) is 7.12. The molecule has 0 unspecified atom stereocenters. The van der Waals surface area contributed by atoms with Crippen LogP contribution in [0.2, 0.25) is 0 Å². The van der Waals surface area contributed by atoms with Crippen LogP contribution in [0.15, 0.2) is 73.3 Å². The molecule has 6 rings (SSSR count). The summed E-state index contributed by atoms with van der Waals surface area (Å²) >= 11 is 1.16. The molecule has 0 aliphatic heterocycles. The molecular formula is C45H50NO14SY-. The Morgan fingerprint density at radius 3 is 1.29 bits per heavy atom. The number of rotatable bonds is 12. The second-order valence-corrected chi connectivity index (χ2v) is 14.6. The smallest absolute Gasteiger partial charge is 0.329 e. The number of carbonyl (C=O) groups excluding carboxylic acids is 6. The number of nitrogens with zero attached hydrogens (tertiary/aromatic N) is 1. The Balaban J connectivity index is 0.000000693. The zero-order valence-corrected chi connectivity index (χ0v) is 39.0. The van der Waals surface area contributed by atoms with E-state index < -0.39 is 11.9 Å². The van der Waals surface area contributed by atoms with Gasteiger partial charge >= 0.3 is 35.8 Å². The molecular weight excluding hydrogens is 899 g/mol. The Morgan fingerprint density at radius 1 is 0.597 bits per heavy atom. The summed E-state index contributed by atoms with van der Waals surface area (Å²) < 4.78 is 41.8. The third kappa shape index (κ3) is 15.3. The predicted molar refractivity (Wildman–Crippen MR) is 222 cm³/mol. The quantitative estimate of drug-likeness (QED) is 0.0582. The zero-order chi connectivity index (χ0) is 44.3. The summed E-state index contributed by atoms with van der Waals surface area (Å²) in [6.07, 6.45) is 5.60. The van der Waals surface area contributed by atoms with Crippen LogP contribution in [0.25, 0.3) is 10.2 Å². The first-order chi connectivity index (χ1) is 29.4. The van der Waals surface area contributed by atoms with Crippen LogP contribution < -0.4 is 28.4 Å². The van der Waals surface area contributed by atoms with Crippen molar-refractivity contribution in [3.63, 3.8) is 0 Å². The number of carbonyl (C=O) groups is 6. The van der Waals surface area contributed by atoms with Crippen molar-refractivity contribution in [1.29, 1.82) is 0 Å². The molecule has 0 saturated heterocycles. The van der Waals surface area contributed by atoms with E-state index in [4.69, 9.17) is 28.4 Å². The number of ether oxygens (including phenoxy) is 8. The van der Waals surface area contributed by atoms with Crippen LogP contribution in [-0.2, 0) is 71.0 Å². The average molecular weight is 950 g/mol. The van der Waals surface area contributed by atoms with Crippen molar-refractivity contribution < 1.29 is 99.4 Å². The fraction of sp³-hybridized carbons (Fsp3) is 0.400. The van der Waals surface area contributed by atoms with E-state index >= 15 is 0 Å². The van der Waals surface area contributed by atoms with Crippen LogP contribution >= 0.6 is 11.3 Å². The van der Waals surface area contributed by atoms with E-state index in [1.165, 1.54) is 14.2 Å². The molecule has 15 nitrogen and oxygen atoms in total. The Labute approximate surface area is 389 Å². The van der Waals surface area contributed by atoms with Crippen molar-refractivity contribution >= 4 is 57.4 Å². The number of esters is 6. The second-order valence-electron chi connectivity index (χ2n) is 13.8. The number of benzene rings is 3.